The van der Waals surface area contributed by atoms with Gasteiger partial charge in [-0.2, -0.15) is 0 Å². The first kappa shape index (κ1) is 24.1. The van der Waals surface area contributed by atoms with Crippen LogP contribution in [0.25, 0.3) is 21.5 Å². The zero-order valence-electron chi connectivity index (χ0n) is 19.9. The molecule has 0 aliphatic carbocycles. The molecule has 35 heavy (non-hydrogen) atoms. The molecular weight excluding hydrogens is 444 g/mol. The third-order valence-corrected chi connectivity index (χ3v) is 5.65. The minimum Gasteiger partial charge on any atom is -0.482 e. The van der Waals surface area contributed by atoms with Gasteiger partial charge in [-0.15, -0.1) is 0 Å². The van der Waals surface area contributed by atoms with Crippen molar-refractivity contribution in [2.45, 2.75) is 20.3 Å². The second-order valence-corrected chi connectivity index (χ2v) is 7.89. The van der Waals surface area contributed by atoms with E-state index in [0.29, 0.717) is 31.1 Å². The first-order valence-corrected chi connectivity index (χ1v) is 11.7. The van der Waals surface area contributed by atoms with Crippen LogP contribution in [0.2, 0.25) is 0 Å². The highest BCUT2D eigenvalue weighted by molar-refractivity contribution is 5.91. The van der Waals surface area contributed by atoms with Gasteiger partial charge in [0.1, 0.15) is 11.5 Å². The number of carbonyl (C=O) groups excluding carboxylic acids is 2. The quantitative estimate of drug-likeness (QED) is 0.285. The summed E-state index contributed by atoms with van der Waals surface area (Å²) in [4.78, 5) is 23.9. The molecule has 6 heteroatoms. The van der Waals surface area contributed by atoms with Crippen molar-refractivity contribution >= 4 is 33.5 Å². The maximum Gasteiger partial charge on any atom is 0.344 e. The minimum absolute atomic E-state index is 0.180. The minimum atomic E-state index is -0.421. The number of benzene rings is 4. The Morgan fingerprint density at radius 3 is 1.46 bits per heavy atom. The summed E-state index contributed by atoms with van der Waals surface area (Å²) in [5.74, 6) is 0.354. The molecular formula is C29H28O6. The van der Waals surface area contributed by atoms with Gasteiger partial charge in [-0.1, -0.05) is 60.7 Å². The topological polar surface area (TPSA) is 71.1 Å². The van der Waals surface area contributed by atoms with E-state index in [2.05, 4.69) is 0 Å². The van der Waals surface area contributed by atoms with Crippen LogP contribution in [0, 0.1) is 0 Å². The van der Waals surface area contributed by atoms with Crippen LogP contribution in [0.5, 0.6) is 11.5 Å². The normalized spacial score (nSPS) is 10.8. The molecule has 0 radical (unpaired) electrons. The molecule has 0 saturated heterocycles. The highest BCUT2D eigenvalue weighted by atomic mass is 16.6. The Labute approximate surface area is 204 Å². The van der Waals surface area contributed by atoms with E-state index < -0.39 is 11.9 Å². The highest BCUT2D eigenvalue weighted by Gasteiger charge is 2.17. The van der Waals surface area contributed by atoms with E-state index in [9.17, 15) is 9.59 Å². The summed E-state index contributed by atoms with van der Waals surface area (Å²) in [6, 6.07) is 23.8. The fourth-order valence-corrected chi connectivity index (χ4v) is 4.12. The van der Waals surface area contributed by atoms with E-state index in [0.717, 1.165) is 32.7 Å². The molecule has 4 aromatic carbocycles. The summed E-state index contributed by atoms with van der Waals surface area (Å²) in [5, 5.41) is 4.14. The summed E-state index contributed by atoms with van der Waals surface area (Å²) in [7, 11) is 0. The Kier molecular flexibility index (Phi) is 7.83. The second-order valence-electron chi connectivity index (χ2n) is 7.89. The summed E-state index contributed by atoms with van der Waals surface area (Å²) in [6.45, 7) is 3.76. The molecule has 4 aromatic rings. The lowest BCUT2D eigenvalue weighted by Gasteiger charge is -2.18. The van der Waals surface area contributed by atoms with Gasteiger partial charge in [-0.05, 0) is 47.5 Å². The van der Waals surface area contributed by atoms with Crippen molar-refractivity contribution in [3.8, 4) is 11.5 Å². The molecule has 0 N–H and O–H groups in total. The molecule has 0 unspecified atom stereocenters. The summed E-state index contributed by atoms with van der Waals surface area (Å²) in [5.41, 5.74) is 1.84. The molecule has 0 aliphatic rings. The lowest BCUT2D eigenvalue weighted by molar-refractivity contribution is -0.146. The van der Waals surface area contributed by atoms with Crippen molar-refractivity contribution in [3.63, 3.8) is 0 Å². The molecule has 0 amide bonds. The average molecular weight is 473 g/mol. The number of esters is 2. The van der Waals surface area contributed by atoms with Gasteiger partial charge in [-0.3, -0.25) is 0 Å². The van der Waals surface area contributed by atoms with Crippen molar-refractivity contribution in [3.05, 3.63) is 83.9 Å². The maximum absolute atomic E-state index is 12.0. The van der Waals surface area contributed by atoms with Crippen molar-refractivity contribution in [2.24, 2.45) is 0 Å². The third kappa shape index (κ3) is 5.72. The van der Waals surface area contributed by atoms with Crippen LogP contribution in [0.4, 0.5) is 0 Å². The van der Waals surface area contributed by atoms with Crippen molar-refractivity contribution in [1.82, 2.24) is 0 Å². The van der Waals surface area contributed by atoms with E-state index in [1.54, 1.807) is 13.8 Å². The Morgan fingerprint density at radius 2 is 1.03 bits per heavy atom. The number of hydrogen-bond donors (Lipinski definition) is 0. The molecule has 0 aliphatic heterocycles. The van der Waals surface area contributed by atoms with Crippen molar-refractivity contribution in [2.75, 3.05) is 26.4 Å². The number of fused-ring (bicyclic) bond motifs is 2. The standard InChI is InChI=1S/C29H28O6/c1-3-32-28(30)18-34-26-15-13-20-9-5-7-11-22(20)24(26)17-25-23-12-8-6-10-21(23)14-16-27(25)35-19-29(31)33-4-2/h5-16H,3-4,17-19H2,1-2H3. The highest BCUT2D eigenvalue weighted by Crippen LogP contribution is 2.36. The molecule has 0 fully saturated rings. The van der Waals surface area contributed by atoms with Crippen molar-refractivity contribution < 1.29 is 28.5 Å². The van der Waals surface area contributed by atoms with Gasteiger partial charge < -0.3 is 18.9 Å². The van der Waals surface area contributed by atoms with Crippen molar-refractivity contribution in [1.29, 1.82) is 0 Å². The Morgan fingerprint density at radius 1 is 0.600 bits per heavy atom. The Balaban J connectivity index is 1.78. The first-order chi connectivity index (χ1) is 17.1. The smallest absolute Gasteiger partial charge is 0.344 e. The number of ether oxygens (including phenoxy) is 4. The SMILES string of the molecule is CCOC(=O)COc1ccc2ccccc2c1Cc1c(OCC(=O)OCC)ccc2ccccc12. The van der Waals surface area contributed by atoms with Crippen LogP contribution in [0.15, 0.2) is 72.8 Å². The lowest BCUT2D eigenvalue weighted by atomic mass is 9.93. The second kappa shape index (κ2) is 11.4. The van der Waals surface area contributed by atoms with Crippen LogP contribution in [-0.2, 0) is 25.5 Å². The maximum atomic E-state index is 12.0. The van der Waals surface area contributed by atoms with Gasteiger partial charge in [-0.25, -0.2) is 9.59 Å². The number of carbonyl (C=O) groups is 2. The molecule has 0 spiro atoms. The largest absolute Gasteiger partial charge is 0.482 e. The van der Waals surface area contributed by atoms with Crippen LogP contribution in [-0.4, -0.2) is 38.4 Å². The van der Waals surface area contributed by atoms with Gasteiger partial charge in [0.2, 0.25) is 0 Å². The Bertz CT molecular complexity index is 1240. The van der Waals surface area contributed by atoms with Crippen LogP contribution in [0.3, 0.4) is 0 Å². The van der Waals surface area contributed by atoms with E-state index in [4.69, 9.17) is 18.9 Å². The predicted molar refractivity (Wildman–Crippen MR) is 135 cm³/mol. The van der Waals surface area contributed by atoms with Gasteiger partial charge in [0.25, 0.3) is 0 Å². The fourth-order valence-electron chi connectivity index (χ4n) is 4.12. The first-order valence-electron chi connectivity index (χ1n) is 11.7. The predicted octanol–water partition coefficient (Wildman–Crippen LogP) is 5.47. The summed E-state index contributed by atoms with van der Waals surface area (Å²) >= 11 is 0. The van der Waals surface area contributed by atoms with Crippen LogP contribution in [0.1, 0.15) is 25.0 Å². The van der Waals surface area contributed by atoms with Crippen LogP contribution >= 0.6 is 0 Å². The van der Waals surface area contributed by atoms with Gasteiger partial charge in [0.15, 0.2) is 13.2 Å². The summed E-state index contributed by atoms with van der Waals surface area (Å²) in [6.07, 6.45) is 0.471. The zero-order valence-corrected chi connectivity index (χ0v) is 19.9. The molecule has 0 heterocycles. The zero-order chi connectivity index (χ0) is 24.6. The molecule has 4 rings (SSSR count). The van der Waals surface area contributed by atoms with E-state index in [1.807, 2.05) is 72.8 Å². The number of rotatable bonds is 10. The van der Waals surface area contributed by atoms with E-state index >= 15 is 0 Å². The molecule has 0 atom stereocenters. The van der Waals surface area contributed by atoms with E-state index in [-0.39, 0.29) is 13.2 Å². The van der Waals surface area contributed by atoms with E-state index in [1.165, 1.54) is 0 Å². The third-order valence-electron chi connectivity index (χ3n) is 5.65. The molecule has 6 nitrogen and oxygen atoms in total. The molecule has 0 saturated carbocycles. The van der Waals surface area contributed by atoms with Crippen LogP contribution < -0.4 is 9.47 Å². The molecule has 180 valence electrons. The van der Waals surface area contributed by atoms with Gasteiger partial charge in [0.05, 0.1) is 13.2 Å². The average Bonchev–Trinajstić information content (AvgIpc) is 2.88. The monoisotopic (exact) mass is 472 g/mol. The number of hydrogen-bond acceptors (Lipinski definition) is 6. The molecule has 0 bridgehead atoms. The lowest BCUT2D eigenvalue weighted by Crippen LogP contribution is -2.16. The van der Waals surface area contributed by atoms with Gasteiger partial charge >= 0.3 is 11.9 Å². The Hall–Kier alpha value is -4.06. The fraction of sp³-hybridized carbons (Fsp3) is 0.241. The van der Waals surface area contributed by atoms with Gasteiger partial charge in [0, 0.05) is 17.5 Å². The molecule has 0 aromatic heterocycles. The summed E-state index contributed by atoms with van der Waals surface area (Å²) < 4.78 is 21.9.